The number of rotatable bonds is 2. The first-order valence-electron chi connectivity index (χ1n) is 10.1. The number of ether oxygens (including phenoxy) is 1. The van der Waals surface area contributed by atoms with Gasteiger partial charge in [0.1, 0.15) is 5.75 Å². The largest absolute Gasteiger partial charge is 0.480 e. The predicted octanol–water partition coefficient (Wildman–Crippen LogP) is 3.29. The van der Waals surface area contributed by atoms with Gasteiger partial charge in [-0.15, -0.1) is 0 Å². The third kappa shape index (κ3) is 3.11. The van der Waals surface area contributed by atoms with Crippen LogP contribution in [0, 0.1) is 0 Å². The van der Waals surface area contributed by atoms with Crippen molar-refractivity contribution in [3.63, 3.8) is 0 Å². The summed E-state index contributed by atoms with van der Waals surface area (Å²) >= 11 is 0. The van der Waals surface area contributed by atoms with E-state index in [1.165, 1.54) is 17.2 Å². The van der Waals surface area contributed by atoms with Gasteiger partial charge in [-0.25, -0.2) is 0 Å². The Morgan fingerprint density at radius 2 is 1.60 bits per heavy atom. The molecule has 30 heavy (non-hydrogen) atoms. The molecule has 1 aliphatic carbocycles. The second-order valence-corrected chi connectivity index (χ2v) is 7.76. The van der Waals surface area contributed by atoms with E-state index in [1.807, 2.05) is 42.5 Å². The fraction of sp³-hybridized carbons (Fsp3) is 0.154. The quantitative estimate of drug-likeness (QED) is 0.724. The summed E-state index contributed by atoms with van der Waals surface area (Å²) in [7, 11) is 0. The minimum absolute atomic E-state index is 0.0924. The van der Waals surface area contributed by atoms with Crippen molar-refractivity contribution in [2.45, 2.75) is 25.4 Å². The van der Waals surface area contributed by atoms with E-state index in [0.29, 0.717) is 22.4 Å². The fourth-order valence-corrected chi connectivity index (χ4v) is 4.08. The summed E-state index contributed by atoms with van der Waals surface area (Å²) in [6.07, 6.45) is 3.00. The maximum absolute atomic E-state index is 13.5. The summed E-state index contributed by atoms with van der Waals surface area (Å²) in [4.78, 5) is 25.1. The number of amides is 1. The molecule has 0 spiro atoms. The van der Waals surface area contributed by atoms with Crippen LogP contribution in [0.5, 0.6) is 5.75 Å². The molecule has 0 radical (unpaired) electrons. The van der Waals surface area contributed by atoms with Gasteiger partial charge in [0.15, 0.2) is 11.9 Å². The summed E-state index contributed by atoms with van der Waals surface area (Å²) in [5.74, 6) is -0.260. The highest BCUT2D eigenvalue weighted by molar-refractivity contribution is 6.27. The Hall–Kier alpha value is -3.66. The predicted molar refractivity (Wildman–Crippen MR) is 115 cm³/mol. The number of Topliss-reactive ketones (excluding diaryl/α,β-unsaturated/α-hetero) is 1. The number of fused-ring (bicyclic) bond motifs is 1. The van der Waals surface area contributed by atoms with Gasteiger partial charge >= 0.3 is 0 Å². The lowest BCUT2D eigenvalue weighted by Crippen LogP contribution is -2.29. The van der Waals surface area contributed by atoms with Gasteiger partial charge in [-0.2, -0.15) is 0 Å². The molecule has 1 aliphatic heterocycles. The van der Waals surface area contributed by atoms with Gasteiger partial charge in [0.05, 0.1) is 11.1 Å². The van der Waals surface area contributed by atoms with E-state index >= 15 is 0 Å². The molecule has 3 aromatic carbocycles. The van der Waals surface area contributed by atoms with E-state index in [1.54, 1.807) is 18.2 Å². The van der Waals surface area contributed by atoms with Crippen molar-refractivity contribution in [2.24, 2.45) is 5.73 Å². The minimum atomic E-state index is -0.559. The average molecular weight is 395 g/mol. The Bertz CT molecular complexity index is 1260. The molecular weight excluding hydrogens is 374 g/mol. The van der Waals surface area contributed by atoms with Crippen LogP contribution in [0.2, 0.25) is 0 Å². The van der Waals surface area contributed by atoms with Gasteiger partial charge in [-0.3, -0.25) is 9.59 Å². The third-order valence-corrected chi connectivity index (χ3v) is 5.93. The molecule has 2 aliphatic rings. The standard InChI is InChI=1S/C26H21NO3/c27-26(29)20-13-14-21-22(15-20)30-25(19-5-2-1-3-6-19)23(24(21)28)18-11-9-17(10-12-18)16-7-4-8-16/h1-3,5-6,9-15,25H,4,7-8H2,(H2,27,29). The Morgan fingerprint density at radius 3 is 2.23 bits per heavy atom. The molecular formula is C26H21NO3. The van der Waals surface area contributed by atoms with Crippen LogP contribution in [0.3, 0.4) is 0 Å². The Morgan fingerprint density at radius 1 is 0.900 bits per heavy atom. The van der Waals surface area contributed by atoms with E-state index in [2.05, 4.69) is 12.1 Å². The lowest BCUT2D eigenvalue weighted by molar-refractivity contribution is 0.0985. The van der Waals surface area contributed by atoms with Crippen molar-refractivity contribution in [3.8, 4) is 5.75 Å². The highest BCUT2D eigenvalue weighted by Crippen LogP contribution is 2.39. The van der Waals surface area contributed by atoms with E-state index in [9.17, 15) is 9.59 Å². The SMILES string of the molecule is NC(=O)c1ccc2c(c1)OC(c1ccccc1)C(=c1ccc(=C3CCC3)cc1)C2=O. The summed E-state index contributed by atoms with van der Waals surface area (Å²) in [5, 5.41) is 2.10. The summed E-state index contributed by atoms with van der Waals surface area (Å²) in [5.41, 5.74) is 9.14. The molecule has 0 bridgehead atoms. The van der Waals surface area contributed by atoms with Crippen LogP contribution in [0.15, 0.2) is 72.8 Å². The smallest absolute Gasteiger partial charge is 0.248 e. The first-order chi connectivity index (χ1) is 14.6. The first kappa shape index (κ1) is 18.4. The van der Waals surface area contributed by atoms with Crippen LogP contribution < -0.4 is 20.9 Å². The zero-order chi connectivity index (χ0) is 20.7. The van der Waals surface area contributed by atoms with Crippen molar-refractivity contribution < 1.29 is 14.3 Å². The zero-order valence-electron chi connectivity index (χ0n) is 16.4. The van der Waals surface area contributed by atoms with Crippen LogP contribution in [0.1, 0.15) is 51.6 Å². The lowest BCUT2D eigenvalue weighted by Gasteiger charge is -2.28. The van der Waals surface area contributed by atoms with Crippen LogP contribution in [-0.2, 0) is 0 Å². The normalized spacial score (nSPS) is 17.7. The van der Waals surface area contributed by atoms with Crippen molar-refractivity contribution in [1.82, 2.24) is 0 Å². The second kappa shape index (κ2) is 7.30. The molecule has 148 valence electrons. The van der Waals surface area contributed by atoms with Gasteiger partial charge in [0.2, 0.25) is 5.91 Å². The van der Waals surface area contributed by atoms with Gasteiger partial charge in [-0.05, 0) is 53.5 Å². The van der Waals surface area contributed by atoms with Crippen molar-refractivity contribution in [1.29, 1.82) is 0 Å². The number of ketones is 1. The van der Waals surface area contributed by atoms with E-state index < -0.39 is 12.0 Å². The molecule has 4 heteroatoms. The maximum Gasteiger partial charge on any atom is 0.248 e. The molecule has 0 aromatic heterocycles. The molecule has 2 N–H and O–H groups in total. The van der Waals surface area contributed by atoms with Crippen molar-refractivity contribution in [3.05, 3.63) is 99.9 Å². The van der Waals surface area contributed by atoms with Gasteiger partial charge < -0.3 is 10.5 Å². The highest BCUT2D eigenvalue weighted by Gasteiger charge is 2.33. The van der Waals surface area contributed by atoms with Crippen LogP contribution >= 0.6 is 0 Å². The number of primary amides is 1. The van der Waals surface area contributed by atoms with Gasteiger partial charge in [-0.1, -0.05) is 60.2 Å². The molecule has 5 rings (SSSR count). The van der Waals surface area contributed by atoms with Crippen LogP contribution in [0.25, 0.3) is 11.1 Å². The Kier molecular flexibility index (Phi) is 4.47. The Labute approximate surface area is 174 Å². The molecule has 1 fully saturated rings. The van der Waals surface area contributed by atoms with Crippen LogP contribution in [0.4, 0.5) is 0 Å². The number of hydrogen-bond donors (Lipinski definition) is 1. The molecule has 1 atom stereocenters. The zero-order valence-corrected chi connectivity index (χ0v) is 16.4. The van der Waals surface area contributed by atoms with Gasteiger partial charge in [0.25, 0.3) is 0 Å². The molecule has 1 unspecified atom stereocenters. The number of carbonyl (C=O) groups is 2. The molecule has 1 amide bonds. The summed E-state index contributed by atoms with van der Waals surface area (Å²) in [6.45, 7) is 0. The van der Waals surface area contributed by atoms with E-state index in [-0.39, 0.29) is 5.78 Å². The first-order valence-corrected chi connectivity index (χ1v) is 10.1. The summed E-state index contributed by atoms with van der Waals surface area (Å²) < 4.78 is 6.29. The number of benzene rings is 3. The number of hydrogen-bond acceptors (Lipinski definition) is 3. The highest BCUT2D eigenvalue weighted by atomic mass is 16.5. The maximum atomic E-state index is 13.5. The molecule has 1 heterocycles. The molecule has 0 saturated heterocycles. The lowest BCUT2D eigenvalue weighted by atomic mass is 9.88. The molecule has 1 saturated carbocycles. The van der Waals surface area contributed by atoms with Crippen LogP contribution in [-0.4, -0.2) is 11.7 Å². The van der Waals surface area contributed by atoms with Gasteiger partial charge in [0, 0.05) is 5.56 Å². The molecule has 3 aromatic rings. The average Bonchev–Trinajstić information content (AvgIpc) is 2.73. The van der Waals surface area contributed by atoms with E-state index in [0.717, 1.165) is 23.6 Å². The third-order valence-electron chi connectivity index (χ3n) is 5.93. The minimum Gasteiger partial charge on any atom is -0.480 e. The summed E-state index contributed by atoms with van der Waals surface area (Å²) in [6, 6.07) is 22.6. The topological polar surface area (TPSA) is 69.4 Å². The molecule has 4 nitrogen and oxygen atoms in total. The number of nitrogens with two attached hydrogens (primary N) is 1. The fourth-order valence-electron chi connectivity index (χ4n) is 4.08. The van der Waals surface area contributed by atoms with Crippen molar-refractivity contribution >= 4 is 22.8 Å². The Balaban J connectivity index is 1.71. The van der Waals surface area contributed by atoms with Crippen molar-refractivity contribution in [2.75, 3.05) is 0 Å². The second-order valence-electron chi connectivity index (χ2n) is 7.76. The monoisotopic (exact) mass is 395 g/mol. The number of carbonyl (C=O) groups excluding carboxylic acids is 2. The van der Waals surface area contributed by atoms with E-state index in [4.69, 9.17) is 10.5 Å².